The molecule has 0 saturated heterocycles. The van der Waals surface area contributed by atoms with Crippen LogP contribution in [0, 0.1) is 5.92 Å². The molecule has 2 aromatic rings. The summed E-state index contributed by atoms with van der Waals surface area (Å²) in [6.07, 6.45) is 8.21. The molecular formula is C11H17N7. The van der Waals surface area contributed by atoms with Gasteiger partial charge in [-0.15, -0.1) is 5.10 Å². The molecule has 1 aliphatic carbocycles. The molecule has 0 bridgehead atoms. The van der Waals surface area contributed by atoms with Crippen molar-refractivity contribution in [2.75, 3.05) is 11.9 Å². The molecule has 2 atom stereocenters. The van der Waals surface area contributed by atoms with Crippen LogP contribution < -0.4 is 11.1 Å². The van der Waals surface area contributed by atoms with E-state index in [1.54, 1.807) is 16.9 Å². The largest absolute Gasteiger partial charge is 0.368 e. The average Bonchev–Trinajstić information content (AvgIpc) is 2.86. The lowest BCUT2D eigenvalue weighted by atomic mass is 9.85. The van der Waals surface area contributed by atoms with Gasteiger partial charge in [0.1, 0.15) is 5.82 Å². The molecule has 0 radical (unpaired) electrons. The third-order valence-electron chi connectivity index (χ3n) is 3.62. The third kappa shape index (κ3) is 2.13. The van der Waals surface area contributed by atoms with E-state index in [1.807, 2.05) is 0 Å². The maximum Gasteiger partial charge on any atom is 0.199 e. The van der Waals surface area contributed by atoms with Gasteiger partial charge in [0.2, 0.25) is 0 Å². The quantitative estimate of drug-likeness (QED) is 0.817. The standard InChI is InChI=1S/C11H17N7/c12-9-4-2-1-3-8(9)5-14-10-6-13-7-11-15-16-17-18(10)11/h6-9,14H,1-5,12H2. The van der Waals surface area contributed by atoms with Crippen molar-refractivity contribution in [2.45, 2.75) is 31.7 Å². The summed E-state index contributed by atoms with van der Waals surface area (Å²) in [5, 5.41) is 14.8. The Morgan fingerprint density at radius 1 is 1.33 bits per heavy atom. The van der Waals surface area contributed by atoms with Gasteiger partial charge in [-0.05, 0) is 29.2 Å². The van der Waals surface area contributed by atoms with Gasteiger partial charge in [0.25, 0.3) is 0 Å². The number of nitrogens with one attached hydrogen (secondary N) is 1. The van der Waals surface area contributed by atoms with E-state index in [4.69, 9.17) is 5.73 Å². The highest BCUT2D eigenvalue weighted by Crippen LogP contribution is 2.23. The summed E-state index contributed by atoms with van der Waals surface area (Å²) in [6.45, 7) is 0.849. The molecule has 0 aromatic carbocycles. The van der Waals surface area contributed by atoms with E-state index in [-0.39, 0.29) is 0 Å². The van der Waals surface area contributed by atoms with Crippen LogP contribution in [-0.2, 0) is 0 Å². The highest BCUT2D eigenvalue weighted by molar-refractivity contribution is 5.43. The minimum Gasteiger partial charge on any atom is -0.368 e. The number of fused-ring (bicyclic) bond motifs is 1. The molecule has 2 unspecified atom stereocenters. The van der Waals surface area contributed by atoms with Crippen LogP contribution in [0.4, 0.5) is 5.82 Å². The summed E-state index contributed by atoms with van der Waals surface area (Å²) in [4.78, 5) is 4.11. The van der Waals surface area contributed by atoms with Gasteiger partial charge in [0.15, 0.2) is 5.65 Å². The molecule has 2 aromatic heterocycles. The van der Waals surface area contributed by atoms with E-state index < -0.39 is 0 Å². The van der Waals surface area contributed by atoms with Gasteiger partial charge in [-0.3, -0.25) is 4.98 Å². The Hall–Kier alpha value is -1.76. The maximum atomic E-state index is 6.13. The summed E-state index contributed by atoms with van der Waals surface area (Å²) < 4.78 is 1.65. The van der Waals surface area contributed by atoms with Crippen LogP contribution in [0.5, 0.6) is 0 Å². The fraction of sp³-hybridized carbons (Fsp3) is 0.636. The normalized spacial score (nSPS) is 24.3. The molecule has 0 amide bonds. The van der Waals surface area contributed by atoms with Crippen molar-refractivity contribution in [1.29, 1.82) is 0 Å². The van der Waals surface area contributed by atoms with Crippen molar-refractivity contribution in [1.82, 2.24) is 25.0 Å². The first-order valence-corrected chi connectivity index (χ1v) is 6.36. The van der Waals surface area contributed by atoms with Gasteiger partial charge in [-0.2, -0.15) is 4.52 Å². The van der Waals surface area contributed by atoms with Gasteiger partial charge < -0.3 is 11.1 Å². The Balaban J connectivity index is 1.71. The van der Waals surface area contributed by atoms with Gasteiger partial charge in [-0.25, -0.2) is 0 Å². The van der Waals surface area contributed by atoms with Crippen molar-refractivity contribution in [2.24, 2.45) is 11.7 Å². The lowest BCUT2D eigenvalue weighted by Gasteiger charge is -2.28. The van der Waals surface area contributed by atoms with E-state index in [1.165, 1.54) is 19.3 Å². The Kier molecular flexibility index (Phi) is 3.06. The molecular weight excluding hydrogens is 230 g/mol. The molecule has 96 valence electrons. The molecule has 3 rings (SSSR count). The van der Waals surface area contributed by atoms with Crippen LogP contribution >= 0.6 is 0 Å². The molecule has 7 heteroatoms. The number of nitrogens with zero attached hydrogens (tertiary/aromatic N) is 5. The zero-order chi connectivity index (χ0) is 12.4. The number of hydrogen-bond acceptors (Lipinski definition) is 6. The number of anilines is 1. The van der Waals surface area contributed by atoms with Gasteiger partial charge in [0, 0.05) is 12.6 Å². The summed E-state index contributed by atoms with van der Waals surface area (Å²) in [6, 6.07) is 0.298. The zero-order valence-electron chi connectivity index (χ0n) is 10.2. The van der Waals surface area contributed by atoms with E-state index >= 15 is 0 Å². The predicted molar refractivity (Wildman–Crippen MR) is 67.0 cm³/mol. The minimum absolute atomic E-state index is 0.298. The number of hydrogen-bond donors (Lipinski definition) is 2. The monoisotopic (exact) mass is 247 g/mol. The van der Waals surface area contributed by atoms with Crippen molar-refractivity contribution >= 4 is 11.5 Å². The van der Waals surface area contributed by atoms with Gasteiger partial charge >= 0.3 is 0 Å². The van der Waals surface area contributed by atoms with Crippen LogP contribution in [0.15, 0.2) is 12.4 Å². The van der Waals surface area contributed by atoms with E-state index in [2.05, 4.69) is 25.8 Å². The molecule has 7 nitrogen and oxygen atoms in total. The second kappa shape index (κ2) is 4.85. The molecule has 2 heterocycles. The second-order valence-corrected chi connectivity index (χ2v) is 4.83. The third-order valence-corrected chi connectivity index (χ3v) is 3.62. The summed E-state index contributed by atoms with van der Waals surface area (Å²) >= 11 is 0. The number of rotatable bonds is 3. The predicted octanol–water partition coefficient (Wildman–Crippen LogP) is 0.449. The first-order valence-electron chi connectivity index (χ1n) is 6.36. The molecule has 0 spiro atoms. The Morgan fingerprint density at radius 3 is 3.11 bits per heavy atom. The Bertz CT molecular complexity index is 523. The number of tetrazole rings is 1. The van der Waals surface area contributed by atoms with E-state index in [9.17, 15) is 0 Å². The second-order valence-electron chi connectivity index (χ2n) is 4.83. The zero-order valence-corrected chi connectivity index (χ0v) is 10.2. The highest BCUT2D eigenvalue weighted by Gasteiger charge is 2.21. The van der Waals surface area contributed by atoms with Crippen molar-refractivity contribution < 1.29 is 0 Å². The fourth-order valence-corrected chi connectivity index (χ4v) is 2.52. The van der Waals surface area contributed by atoms with Crippen LogP contribution in [0.2, 0.25) is 0 Å². The first-order chi connectivity index (χ1) is 8.84. The summed E-state index contributed by atoms with van der Waals surface area (Å²) in [7, 11) is 0. The van der Waals surface area contributed by atoms with Crippen LogP contribution in [0.1, 0.15) is 25.7 Å². The Morgan fingerprint density at radius 2 is 2.22 bits per heavy atom. The smallest absolute Gasteiger partial charge is 0.199 e. The molecule has 3 N–H and O–H groups in total. The fourth-order valence-electron chi connectivity index (χ4n) is 2.52. The van der Waals surface area contributed by atoms with Gasteiger partial charge in [0.05, 0.1) is 12.4 Å². The van der Waals surface area contributed by atoms with Crippen LogP contribution in [0.3, 0.4) is 0 Å². The molecule has 0 aliphatic heterocycles. The topological polar surface area (TPSA) is 94.0 Å². The van der Waals surface area contributed by atoms with E-state index in [0.29, 0.717) is 17.6 Å². The van der Waals surface area contributed by atoms with Crippen LogP contribution in [0.25, 0.3) is 5.65 Å². The number of aromatic nitrogens is 5. The molecule has 1 saturated carbocycles. The molecule has 1 aliphatic rings. The average molecular weight is 247 g/mol. The van der Waals surface area contributed by atoms with Crippen LogP contribution in [-0.4, -0.2) is 37.6 Å². The lowest BCUT2D eigenvalue weighted by Crippen LogP contribution is -2.37. The SMILES string of the molecule is NC1CCCCC1CNc1cncc2nnnn12. The molecule has 1 fully saturated rings. The van der Waals surface area contributed by atoms with Gasteiger partial charge in [-0.1, -0.05) is 12.8 Å². The molecule has 18 heavy (non-hydrogen) atoms. The Labute approximate surface area is 105 Å². The van der Waals surface area contributed by atoms with Crippen molar-refractivity contribution in [3.63, 3.8) is 0 Å². The summed E-state index contributed by atoms with van der Waals surface area (Å²) in [5.41, 5.74) is 6.78. The highest BCUT2D eigenvalue weighted by atomic mass is 15.5. The first kappa shape index (κ1) is 11.3. The number of nitrogens with two attached hydrogens (primary N) is 1. The minimum atomic E-state index is 0.298. The van der Waals surface area contributed by atoms with Crippen molar-refractivity contribution in [3.8, 4) is 0 Å². The lowest BCUT2D eigenvalue weighted by molar-refractivity contribution is 0.321. The van der Waals surface area contributed by atoms with E-state index in [0.717, 1.165) is 18.8 Å². The summed E-state index contributed by atoms with van der Waals surface area (Å²) in [5.74, 6) is 1.33. The maximum absolute atomic E-state index is 6.13. The van der Waals surface area contributed by atoms with Crippen molar-refractivity contribution in [3.05, 3.63) is 12.4 Å².